The normalized spacial score (nSPS) is 11.7. The van der Waals surface area contributed by atoms with Crippen LogP contribution in [0.3, 0.4) is 0 Å². The zero-order chi connectivity index (χ0) is 48.7. The summed E-state index contributed by atoms with van der Waals surface area (Å²) in [5, 5.41) is 0. The molecule has 0 N–H and O–H groups in total. The minimum absolute atomic E-state index is 0.970. The molecule has 1 aromatic rings. The van der Waals surface area contributed by atoms with Crippen LogP contribution in [-0.4, -0.2) is 9.97 Å². The number of nitrogens with zero attached hydrogens (tertiary/aromatic N) is 2. The maximum absolute atomic E-state index is 5.28. The molecule has 2 heteroatoms. The Balaban J connectivity index is 2.39. The highest BCUT2D eigenvalue weighted by Crippen LogP contribution is 2.23. The Kier molecular flexibility index (Phi) is 53.0. The molecule has 1 rings (SSSR count). The van der Waals surface area contributed by atoms with Crippen molar-refractivity contribution in [1.29, 1.82) is 0 Å². The second-order valence-corrected chi connectivity index (χ2v) is 22.6. The smallest absolute Gasteiger partial charge is 0.128 e. The van der Waals surface area contributed by atoms with E-state index in [1.165, 1.54) is 377 Å². The van der Waals surface area contributed by atoms with Gasteiger partial charge in [-0.05, 0) is 44.1 Å². The fourth-order valence-electron chi connectivity index (χ4n) is 11.1. The van der Waals surface area contributed by atoms with Crippen LogP contribution < -0.4 is 0 Å². The molecule has 68 heavy (non-hydrogen) atoms. The van der Waals surface area contributed by atoms with Gasteiger partial charge in [-0.2, -0.15) is 0 Å². The van der Waals surface area contributed by atoms with Crippen molar-refractivity contribution in [2.24, 2.45) is 0 Å². The second kappa shape index (κ2) is 55.4. The van der Waals surface area contributed by atoms with E-state index in [1.54, 1.807) is 5.56 Å². The van der Waals surface area contributed by atoms with E-state index < -0.39 is 0 Å². The van der Waals surface area contributed by atoms with Gasteiger partial charge in [0, 0.05) is 17.8 Å². The minimum Gasteiger partial charge on any atom is -0.238 e. The van der Waals surface area contributed by atoms with Crippen LogP contribution in [0.25, 0.3) is 0 Å². The summed E-state index contributed by atoms with van der Waals surface area (Å²) in [6, 6.07) is 0. The van der Waals surface area contributed by atoms with Crippen molar-refractivity contribution in [2.45, 2.75) is 400 Å². The molecule has 0 saturated carbocycles. The molecule has 402 valence electrons. The van der Waals surface area contributed by atoms with E-state index in [2.05, 4.69) is 27.7 Å². The second-order valence-electron chi connectivity index (χ2n) is 22.6. The van der Waals surface area contributed by atoms with Crippen LogP contribution in [0.2, 0.25) is 0 Å². The fourth-order valence-corrected chi connectivity index (χ4v) is 11.1. The lowest BCUT2D eigenvalue weighted by Gasteiger charge is -2.16. The Hall–Kier alpha value is -0.920. The molecule has 0 radical (unpaired) electrons. The first kappa shape index (κ1) is 65.1. The average Bonchev–Trinajstić information content (AvgIpc) is 3.35. The average molecular weight is 950 g/mol. The third-order valence-electron chi connectivity index (χ3n) is 15.9. The number of rotatable bonds is 58. The van der Waals surface area contributed by atoms with Gasteiger partial charge in [-0.1, -0.05) is 355 Å². The Morgan fingerprint density at radius 1 is 0.191 bits per heavy atom. The molecule has 0 amide bonds. The summed E-state index contributed by atoms with van der Waals surface area (Å²) < 4.78 is 0. The highest BCUT2D eigenvalue weighted by molar-refractivity contribution is 5.27. The summed E-state index contributed by atoms with van der Waals surface area (Å²) in [5.41, 5.74) is 4.47. The first-order valence-corrected chi connectivity index (χ1v) is 32.6. The Morgan fingerprint density at radius 3 is 0.529 bits per heavy atom. The van der Waals surface area contributed by atoms with Gasteiger partial charge in [-0.25, -0.2) is 9.97 Å². The van der Waals surface area contributed by atoms with E-state index >= 15 is 0 Å². The quantitative estimate of drug-likeness (QED) is 0.0608. The molecule has 0 aliphatic carbocycles. The van der Waals surface area contributed by atoms with Crippen LogP contribution in [0.15, 0.2) is 0 Å². The van der Waals surface area contributed by atoms with Crippen molar-refractivity contribution < 1.29 is 0 Å². The van der Waals surface area contributed by atoms with Crippen molar-refractivity contribution >= 4 is 0 Å². The SMILES string of the molecule is CCCCCCCCCCCCCCCCCCCCc1nc(CC)nc(CCCCCCCCCCCCCCCCCCCC)c1CCCCCCCCCCCCCCCCCCCC. The molecule has 0 bridgehead atoms. The highest BCUT2D eigenvalue weighted by atomic mass is 14.9. The monoisotopic (exact) mass is 949 g/mol. The van der Waals surface area contributed by atoms with Crippen molar-refractivity contribution in [2.75, 3.05) is 0 Å². The van der Waals surface area contributed by atoms with Gasteiger partial charge in [-0.15, -0.1) is 0 Å². The zero-order valence-corrected chi connectivity index (χ0v) is 47.9. The van der Waals surface area contributed by atoms with Gasteiger partial charge in [0.15, 0.2) is 0 Å². The number of unbranched alkanes of at least 4 members (excludes halogenated alkanes) is 51. The third-order valence-corrected chi connectivity index (χ3v) is 15.9. The molecular formula is C66H128N2. The van der Waals surface area contributed by atoms with Crippen molar-refractivity contribution in [3.8, 4) is 0 Å². The number of aryl methyl sites for hydroxylation is 3. The van der Waals surface area contributed by atoms with Gasteiger partial charge in [0.2, 0.25) is 0 Å². The molecular weight excluding hydrogens is 821 g/mol. The van der Waals surface area contributed by atoms with Crippen LogP contribution in [0.1, 0.15) is 397 Å². The molecule has 0 aliphatic heterocycles. The van der Waals surface area contributed by atoms with E-state index in [0.717, 1.165) is 12.2 Å². The van der Waals surface area contributed by atoms with Crippen LogP contribution >= 0.6 is 0 Å². The first-order chi connectivity index (χ1) is 33.8. The summed E-state index contributed by atoms with van der Waals surface area (Å²) in [4.78, 5) is 10.6. The lowest BCUT2D eigenvalue weighted by Crippen LogP contribution is -2.11. The van der Waals surface area contributed by atoms with Gasteiger partial charge in [0.1, 0.15) is 5.82 Å². The molecule has 0 aromatic carbocycles. The molecule has 0 fully saturated rings. The maximum atomic E-state index is 5.28. The Morgan fingerprint density at radius 2 is 0.353 bits per heavy atom. The Bertz CT molecular complexity index is 1030. The maximum Gasteiger partial charge on any atom is 0.128 e. The summed E-state index contributed by atoms with van der Waals surface area (Å²) in [7, 11) is 0. The molecule has 0 saturated heterocycles. The topological polar surface area (TPSA) is 25.8 Å². The zero-order valence-electron chi connectivity index (χ0n) is 47.9. The van der Waals surface area contributed by atoms with Crippen LogP contribution in [-0.2, 0) is 25.7 Å². The lowest BCUT2D eigenvalue weighted by molar-refractivity contribution is 0.523. The number of hydrogen-bond acceptors (Lipinski definition) is 2. The molecule has 0 aliphatic rings. The summed E-state index contributed by atoms with van der Waals surface area (Å²) >= 11 is 0. The van der Waals surface area contributed by atoms with Gasteiger partial charge < -0.3 is 0 Å². The van der Waals surface area contributed by atoms with E-state index in [0.29, 0.717) is 0 Å². The molecule has 0 unspecified atom stereocenters. The van der Waals surface area contributed by atoms with E-state index in [4.69, 9.17) is 9.97 Å². The van der Waals surface area contributed by atoms with Crippen molar-refractivity contribution in [3.05, 3.63) is 22.8 Å². The van der Waals surface area contributed by atoms with Crippen LogP contribution in [0.4, 0.5) is 0 Å². The summed E-state index contributed by atoms with van der Waals surface area (Å²) in [6.45, 7) is 9.22. The van der Waals surface area contributed by atoms with Gasteiger partial charge in [-0.3, -0.25) is 0 Å². The minimum atomic E-state index is 0.970. The predicted octanol–water partition coefficient (Wildman–Crippen LogP) is 23.8. The number of hydrogen-bond donors (Lipinski definition) is 0. The summed E-state index contributed by atoms with van der Waals surface area (Å²) in [5.74, 6) is 1.11. The van der Waals surface area contributed by atoms with Gasteiger partial charge >= 0.3 is 0 Å². The fraction of sp³-hybridized carbons (Fsp3) is 0.939. The standard InChI is InChI=1S/C66H128N2/c1-5-9-12-15-18-21-24-27-30-33-36-39-42-45-48-51-54-57-60-63-64(61-58-55-52-49-46-43-40-37-34-31-28-25-22-19-16-13-10-6-2)67-66(8-4)68-65(63)62-59-56-53-50-47-44-41-38-35-32-29-26-23-20-17-14-11-7-3/h5-62H2,1-4H3. The first-order valence-electron chi connectivity index (χ1n) is 32.6. The predicted molar refractivity (Wildman–Crippen MR) is 309 cm³/mol. The van der Waals surface area contributed by atoms with Gasteiger partial charge in [0.05, 0.1) is 0 Å². The molecule has 1 aromatic heterocycles. The summed E-state index contributed by atoms with van der Waals surface area (Å²) in [6.07, 6.45) is 82.3. The van der Waals surface area contributed by atoms with E-state index in [-0.39, 0.29) is 0 Å². The lowest BCUT2D eigenvalue weighted by atomic mass is 9.96. The van der Waals surface area contributed by atoms with Crippen LogP contribution in [0.5, 0.6) is 0 Å². The molecule has 2 nitrogen and oxygen atoms in total. The molecule has 1 heterocycles. The van der Waals surface area contributed by atoms with E-state index in [1.807, 2.05) is 0 Å². The van der Waals surface area contributed by atoms with Crippen LogP contribution in [0, 0.1) is 0 Å². The highest BCUT2D eigenvalue weighted by Gasteiger charge is 2.14. The molecule has 0 spiro atoms. The number of aromatic nitrogens is 2. The van der Waals surface area contributed by atoms with Crippen molar-refractivity contribution in [3.63, 3.8) is 0 Å². The van der Waals surface area contributed by atoms with Crippen molar-refractivity contribution in [1.82, 2.24) is 9.97 Å². The van der Waals surface area contributed by atoms with Gasteiger partial charge in [0.25, 0.3) is 0 Å². The Labute approximate surface area is 430 Å². The third kappa shape index (κ3) is 45.0. The molecule has 0 atom stereocenters. The largest absolute Gasteiger partial charge is 0.238 e. The van der Waals surface area contributed by atoms with E-state index in [9.17, 15) is 0 Å².